The van der Waals surface area contributed by atoms with Crippen LogP contribution in [0.3, 0.4) is 0 Å². The number of rotatable bonds is 6. The number of phenolic OH excluding ortho intramolecular Hbond substituents is 1. The molecule has 0 aliphatic carbocycles. The van der Waals surface area contributed by atoms with Crippen molar-refractivity contribution in [2.75, 3.05) is 0 Å². The fourth-order valence-corrected chi connectivity index (χ4v) is 3.14. The molecule has 0 aliphatic heterocycles. The molecule has 6 nitrogen and oxygen atoms in total. The quantitative estimate of drug-likeness (QED) is 0.402. The van der Waals surface area contributed by atoms with E-state index < -0.39 is 6.36 Å². The van der Waals surface area contributed by atoms with E-state index in [4.69, 9.17) is 4.74 Å². The van der Waals surface area contributed by atoms with Gasteiger partial charge in [0.2, 0.25) is 0 Å². The number of aromatic hydroxyl groups is 1. The van der Waals surface area contributed by atoms with Gasteiger partial charge in [-0.25, -0.2) is 9.67 Å². The van der Waals surface area contributed by atoms with Gasteiger partial charge in [-0.3, -0.25) is 0 Å². The van der Waals surface area contributed by atoms with Crippen molar-refractivity contribution >= 4 is 0 Å². The van der Waals surface area contributed by atoms with E-state index in [-0.39, 0.29) is 18.1 Å². The summed E-state index contributed by atoms with van der Waals surface area (Å²) < 4.78 is 48.8. The summed E-state index contributed by atoms with van der Waals surface area (Å²) in [6.45, 7) is 3.78. The number of benzene rings is 3. The van der Waals surface area contributed by atoms with E-state index in [0.29, 0.717) is 28.5 Å². The SMILES string of the molecule is Cc1ccc(-n2nc(COc3ccc(O)c(C)c3)nc2-c2ccc(OC(F)(F)F)cc2)cc1. The van der Waals surface area contributed by atoms with Crippen LogP contribution in [0.5, 0.6) is 17.2 Å². The Labute approximate surface area is 187 Å². The highest BCUT2D eigenvalue weighted by Crippen LogP contribution is 2.28. The third kappa shape index (κ3) is 5.43. The van der Waals surface area contributed by atoms with Crippen molar-refractivity contribution in [3.8, 4) is 34.3 Å². The van der Waals surface area contributed by atoms with Gasteiger partial charge >= 0.3 is 6.36 Å². The molecule has 1 N–H and O–H groups in total. The number of hydrogen-bond donors (Lipinski definition) is 1. The summed E-state index contributed by atoms with van der Waals surface area (Å²) in [4.78, 5) is 4.55. The van der Waals surface area contributed by atoms with Gasteiger partial charge in [0.15, 0.2) is 11.6 Å². The van der Waals surface area contributed by atoms with Gasteiger partial charge < -0.3 is 14.6 Å². The zero-order valence-corrected chi connectivity index (χ0v) is 17.8. The van der Waals surface area contributed by atoms with Crippen LogP contribution in [0.2, 0.25) is 0 Å². The Morgan fingerprint density at radius 3 is 2.21 bits per heavy atom. The molecule has 0 spiro atoms. The van der Waals surface area contributed by atoms with Gasteiger partial charge in [0, 0.05) is 5.56 Å². The van der Waals surface area contributed by atoms with Crippen molar-refractivity contribution in [3.63, 3.8) is 0 Å². The molecule has 9 heteroatoms. The molecule has 0 amide bonds. The molecular formula is C24H20F3N3O3. The monoisotopic (exact) mass is 455 g/mol. The van der Waals surface area contributed by atoms with Crippen LogP contribution in [0.4, 0.5) is 13.2 Å². The van der Waals surface area contributed by atoms with E-state index in [1.807, 2.05) is 31.2 Å². The number of phenols is 1. The highest BCUT2D eigenvalue weighted by molar-refractivity contribution is 5.59. The lowest BCUT2D eigenvalue weighted by Crippen LogP contribution is -2.16. The predicted octanol–water partition coefficient (Wildman–Crippen LogP) is 5.73. The van der Waals surface area contributed by atoms with Crippen LogP contribution in [0.1, 0.15) is 17.0 Å². The van der Waals surface area contributed by atoms with Gasteiger partial charge in [0.1, 0.15) is 23.9 Å². The summed E-state index contributed by atoms with van der Waals surface area (Å²) in [5.74, 6) is 1.22. The molecule has 0 bridgehead atoms. The molecule has 0 aliphatic rings. The van der Waals surface area contributed by atoms with Crippen LogP contribution in [0, 0.1) is 13.8 Å². The number of aromatic nitrogens is 3. The number of halogens is 3. The minimum absolute atomic E-state index is 0.0609. The minimum atomic E-state index is -4.76. The first kappa shape index (κ1) is 22.2. The summed E-state index contributed by atoms with van der Waals surface area (Å²) in [6, 6.07) is 17.9. The number of hydrogen-bond acceptors (Lipinski definition) is 5. The lowest BCUT2D eigenvalue weighted by atomic mass is 10.2. The maximum absolute atomic E-state index is 12.5. The maximum atomic E-state index is 12.5. The summed E-state index contributed by atoms with van der Waals surface area (Å²) in [5, 5.41) is 14.2. The molecule has 0 unspecified atom stereocenters. The molecule has 1 aromatic heterocycles. The van der Waals surface area contributed by atoms with Crippen LogP contribution >= 0.6 is 0 Å². The van der Waals surface area contributed by atoms with Crippen molar-refractivity contribution in [1.29, 1.82) is 0 Å². The zero-order valence-electron chi connectivity index (χ0n) is 17.8. The van der Waals surface area contributed by atoms with E-state index in [9.17, 15) is 18.3 Å². The van der Waals surface area contributed by atoms with E-state index in [1.165, 1.54) is 24.3 Å². The van der Waals surface area contributed by atoms with Gasteiger partial charge in [0.05, 0.1) is 5.69 Å². The van der Waals surface area contributed by atoms with E-state index in [0.717, 1.165) is 11.3 Å². The average molecular weight is 455 g/mol. The smallest absolute Gasteiger partial charge is 0.508 e. The first-order valence-electron chi connectivity index (χ1n) is 9.99. The number of ether oxygens (including phenoxy) is 2. The molecule has 4 aromatic rings. The van der Waals surface area contributed by atoms with Gasteiger partial charge in [0.25, 0.3) is 0 Å². The van der Waals surface area contributed by atoms with Gasteiger partial charge in [-0.2, -0.15) is 0 Å². The second-order valence-electron chi connectivity index (χ2n) is 7.41. The first-order valence-corrected chi connectivity index (χ1v) is 9.99. The second kappa shape index (κ2) is 8.85. The van der Waals surface area contributed by atoms with Gasteiger partial charge in [-0.1, -0.05) is 17.7 Å². The van der Waals surface area contributed by atoms with Crippen LogP contribution < -0.4 is 9.47 Å². The van der Waals surface area contributed by atoms with Crippen molar-refractivity contribution in [2.45, 2.75) is 26.8 Å². The van der Waals surface area contributed by atoms with Crippen molar-refractivity contribution in [1.82, 2.24) is 14.8 Å². The average Bonchev–Trinajstić information content (AvgIpc) is 3.19. The Kier molecular flexibility index (Phi) is 5.95. The number of nitrogens with zero attached hydrogens (tertiary/aromatic N) is 3. The third-order valence-corrected chi connectivity index (χ3v) is 4.81. The van der Waals surface area contributed by atoms with Crippen molar-refractivity contribution in [3.05, 3.63) is 83.7 Å². The standard InChI is InChI=1S/C24H20F3N3O3/c1-15-3-7-18(8-4-15)30-23(17-5-9-19(10-6-17)33-24(25,26)27)28-22(29-30)14-32-20-11-12-21(31)16(2)13-20/h3-13,31H,14H2,1-2H3. The Balaban J connectivity index is 1.65. The molecule has 4 rings (SSSR count). The van der Waals surface area contributed by atoms with Gasteiger partial charge in [-0.05, 0) is 74.0 Å². The Morgan fingerprint density at radius 2 is 1.58 bits per heavy atom. The van der Waals surface area contributed by atoms with E-state index >= 15 is 0 Å². The molecule has 0 saturated carbocycles. The summed E-state index contributed by atoms with van der Waals surface area (Å²) >= 11 is 0. The Morgan fingerprint density at radius 1 is 0.909 bits per heavy atom. The molecule has 0 saturated heterocycles. The summed E-state index contributed by atoms with van der Waals surface area (Å²) in [6.07, 6.45) is -4.76. The van der Waals surface area contributed by atoms with Crippen LogP contribution in [0.25, 0.3) is 17.1 Å². The highest BCUT2D eigenvalue weighted by atomic mass is 19.4. The fourth-order valence-electron chi connectivity index (χ4n) is 3.14. The van der Waals surface area contributed by atoms with Crippen LogP contribution in [-0.4, -0.2) is 26.2 Å². The lowest BCUT2D eigenvalue weighted by Gasteiger charge is -2.10. The predicted molar refractivity (Wildman–Crippen MR) is 115 cm³/mol. The van der Waals surface area contributed by atoms with E-state index in [1.54, 1.807) is 29.8 Å². The maximum Gasteiger partial charge on any atom is 0.573 e. The minimum Gasteiger partial charge on any atom is -0.508 e. The molecule has 0 radical (unpaired) electrons. The van der Waals surface area contributed by atoms with Crippen molar-refractivity contribution in [2.24, 2.45) is 0 Å². The third-order valence-electron chi connectivity index (χ3n) is 4.81. The topological polar surface area (TPSA) is 69.4 Å². The number of alkyl halides is 3. The fraction of sp³-hybridized carbons (Fsp3) is 0.167. The lowest BCUT2D eigenvalue weighted by molar-refractivity contribution is -0.274. The van der Waals surface area contributed by atoms with Gasteiger partial charge in [-0.15, -0.1) is 18.3 Å². The molecule has 170 valence electrons. The first-order chi connectivity index (χ1) is 15.7. The molecule has 0 atom stereocenters. The molecular weight excluding hydrogens is 435 g/mol. The van der Waals surface area contributed by atoms with Crippen LogP contribution in [-0.2, 0) is 6.61 Å². The zero-order chi connectivity index (χ0) is 23.6. The normalized spacial score (nSPS) is 11.4. The summed E-state index contributed by atoms with van der Waals surface area (Å²) in [5.41, 5.74) is 3.04. The van der Waals surface area contributed by atoms with Crippen molar-refractivity contribution < 1.29 is 27.8 Å². The number of aryl methyl sites for hydroxylation is 2. The Bertz CT molecular complexity index is 1250. The largest absolute Gasteiger partial charge is 0.573 e. The molecule has 0 fully saturated rings. The molecule has 33 heavy (non-hydrogen) atoms. The van der Waals surface area contributed by atoms with E-state index in [2.05, 4.69) is 14.8 Å². The second-order valence-corrected chi connectivity index (χ2v) is 7.41. The highest BCUT2D eigenvalue weighted by Gasteiger charge is 2.31. The molecule has 1 heterocycles. The van der Waals surface area contributed by atoms with Crippen LogP contribution in [0.15, 0.2) is 66.7 Å². The Hall–Kier alpha value is -4.01. The summed E-state index contributed by atoms with van der Waals surface area (Å²) in [7, 11) is 0. The molecule has 3 aromatic carbocycles.